The number of aryl methyl sites for hydroxylation is 1. The summed E-state index contributed by atoms with van der Waals surface area (Å²) in [5.41, 5.74) is 0.800. The van der Waals surface area contributed by atoms with Crippen LogP contribution in [0.5, 0.6) is 5.75 Å². The predicted molar refractivity (Wildman–Crippen MR) is 77.1 cm³/mol. The van der Waals surface area contributed by atoms with Crippen molar-refractivity contribution in [3.63, 3.8) is 0 Å². The van der Waals surface area contributed by atoms with Crippen LogP contribution in [0.4, 0.5) is 0 Å². The van der Waals surface area contributed by atoms with Crippen LogP contribution in [0, 0.1) is 6.92 Å². The number of ketones is 1. The lowest BCUT2D eigenvalue weighted by molar-refractivity contribution is -0.124. The van der Waals surface area contributed by atoms with E-state index in [4.69, 9.17) is 16.3 Å². The number of aromatic nitrogens is 1. The van der Waals surface area contributed by atoms with Gasteiger partial charge in [0.25, 0.3) is 0 Å². The second kappa shape index (κ2) is 6.17. The number of halogens is 1. The lowest BCUT2D eigenvalue weighted by Gasteiger charge is -2.13. The second-order valence-electron chi connectivity index (χ2n) is 4.22. The quantitative estimate of drug-likeness (QED) is 0.844. The molecule has 2 aromatic rings. The largest absolute Gasteiger partial charge is 0.483 e. The monoisotopic (exact) mass is 295 g/mol. The van der Waals surface area contributed by atoms with Gasteiger partial charge < -0.3 is 4.74 Å². The molecule has 0 amide bonds. The molecule has 1 unspecified atom stereocenters. The van der Waals surface area contributed by atoms with Crippen LogP contribution in [-0.2, 0) is 11.2 Å². The van der Waals surface area contributed by atoms with Gasteiger partial charge in [0, 0.05) is 10.4 Å². The van der Waals surface area contributed by atoms with Crippen LogP contribution in [0.15, 0.2) is 29.6 Å². The first-order valence-corrected chi connectivity index (χ1v) is 7.16. The Kier molecular flexibility index (Phi) is 4.56. The minimum Gasteiger partial charge on any atom is -0.483 e. The molecule has 0 aliphatic rings. The fourth-order valence-electron chi connectivity index (χ4n) is 1.62. The number of carbonyl (C=O) groups is 1. The SMILES string of the molecule is Cc1nc(CC(=O)C(C)Oc2cccc(Cl)c2)cs1. The van der Waals surface area contributed by atoms with Gasteiger partial charge in [-0.25, -0.2) is 4.98 Å². The number of thiazole rings is 1. The summed E-state index contributed by atoms with van der Waals surface area (Å²) in [5, 5.41) is 3.46. The van der Waals surface area contributed by atoms with E-state index in [1.54, 1.807) is 42.5 Å². The number of Topliss-reactive ketones (excluding diaryl/α,β-unsaturated/α-hetero) is 1. The van der Waals surface area contributed by atoms with E-state index in [1.165, 1.54) is 0 Å². The molecule has 0 spiro atoms. The van der Waals surface area contributed by atoms with Crippen molar-refractivity contribution in [3.05, 3.63) is 45.4 Å². The molecule has 5 heteroatoms. The van der Waals surface area contributed by atoms with Crippen LogP contribution < -0.4 is 4.74 Å². The molecule has 0 saturated heterocycles. The third kappa shape index (κ3) is 4.04. The molecule has 3 nitrogen and oxygen atoms in total. The molecule has 0 bridgehead atoms. The molecule has 1 atom stereocenters. The van der Waals surface area contributed by atoms with Gasteiger partial charge in [-0.05, 0) is 32.0 Å². The average molecular weight is 296 g/mol. The third-order valence-corrected chi connectivity index (χ3v) is 3.64. The van der Waals surface area contributed by atoms with Gasteiger partial charge in [-0.3, -0.25) is 4.79 Å². The summed E-state index contributed by atoms with van der Waals surface area (Å²) >= 11 is 7.41. The fourth-order valence-corrected chi connectivity index (χ4v) is 2.41. The molecule has 1 heterocycles. The molecule has 2 rings (SSSR count). The van der Waals surface area contributed by atoms with E-state index in [2.05, 4.69) is 4.98 Å². The number of nitrogens with zero attached hydrogens (tertiary/aromatic N) is 1. The van der Waals surface area contributed by atoms with Gasteiger partial charge in [0.15, 0.2) is 11.9 Å². The molecule has 1 aromatic carbocycles. The summed E-state index contributed by atoms with van der Waals surface area (Å²) < 4.78 is 5.58. The lowest BCUT2D eigenvalue weighted by atomic mass is 10.1. The Bertz CT molecular complexity index is 582. The van der Waals surface area contributed by atoms with Crippen molar-refractivity contribution < 1.29 is 9.53 Å². The fraction of sp³-hybridized carbons (Fsp3) is 0.286. The highest BCUT2D eigenvalue weighted by atomic mass is 35.5. The van der Waals surface area contributed by atoms with Crippen LogP contribution in [0.3, 0.4) is 0 Å². The summed E-state index contributed by atoms with van der Waals surface area (Å²) in [7, 11) is 0. The zero-order valence-electron chi connectivity index (χ0n) is 10.7. The van der Waals surface area contributed by atoms with Gasteiger partial charge in [-0.2, -0.15) is 0 Å². The van der Waals surface area contributed by atoms with Gasteiger partial charge >= 0.3 is 0 Å². The van der Waals surface area contributed by atoms with Crippen LogP contribution in [0.1, 0.15) is 17.6 Å². The summed E-state index contributed by atoms with van der Waals surface area (Å²) in [4.78, 5) is 16.3. The van der Waals surface area contributed by atoms with Crippen LogP contribution in [-0.4, -0.2) is 16.9 Å². The molecule has 0 radical (unpaired) electrons. The Morgan fingerprint density at radius 2 is 2.32 bits per heavy atom. The number of hydrogen-bond donors (Lipinski definition) is 0. The molecule has 1 aromatic heterocycles. The number of rotatable bonds is 5. The molecule has 0 aliphatic carbocycles. The number of benzene rings is 1. The first kappa shape index (κ1) is 14.0. The van der Waals surface area contributed by atoms with Crippen molar-refractivity contribution in [1.82, 2.24) is 4.98 Å². The Hall–Kier alpha value is -1.39. The standard InChI is InChI=1S/C14H14ClNO2S/c1-9(18-13-5-3-4-11(15)6-13)14(17)7-12-8-19-10(2)16-12/h3-6,8-9H,7H2,1-2H3. The molecular weight excluding hydrogens is 282 g/mol. The zero-order valence-corrected chi connectivity index (χ0v) is 12.3. The van der Waals surface area contributed by atoms with E-state index in [0.717, 1.165) is 10.7 Å². The second-order valence-corrected chi connectivity index (χ2v) is 5.72. The van der Waals surface area contributed by atoms with Crippen molar-refractivity contribution in [1.29, 1.82) is 0 Å². The average Bonchev–Trinajstić information content (AvgIpc) is 2.74. The maximum absolute atomic E-state index is 12.0. The highest BCUT2D eigenvalue weighted by Gasteiger charge is 2.16. The maximum Gasteiger partial charge on any atom is 0.178 e. The molecule has 19 heavy (non-hydrogen) atoms. The molecule has 100 valence electrons. The van der Waals surface area contributed by atoms with Gasteiger partial charge in [-0.15, -0.1) is 11.3 Å². The predicted octanol–water partition coefficient (Wildman–Crippen LogP) is 3.68. The minimum absolute atomic E-state index is 0.00488. The van der Waals surface area contributed by atoms with Gasteiger partial charge in [0.2, 0.25) is 0 Å². The Balaban J connectivity index is 1.96. The van der Waals surface area contributed by atoms with Crippen molar-refractivity contribution in [2.45, 2.75) is 26.4 Å². The van der Waals surface area contributed by atoms with Gasteiger partial charge in [0.05, 0.1) is 17.1 Å². The molecular formula is C14H14ClNO2S. The molecule has 0 aliphatic heterocycles. The van der Waals surface area contributed by atoms with E-state index >= 15 is 0 Å². The van der Waals surface area contributed by atoms with Crippen molar-refractivity contribution in [2.24, 2.45) is 0 Å². The Labute approximate surface area is 121 Å². The third-order valence-electron chi connectivity index (χ3n) is 2.58. The van der Waals surface area contributed by atoms with E-state index in [1.807, 2.05) is 12.3 Å². The minimum atomic E-state index is -0.513. The highest BCUT2D eigenvalue weighted by Crippen LogP contribution is 2.19. The number of ether oxygens (including phenoxy) is 1. The first-order chi connectivity index (χ1) is 9.04. The molecule has 0 N–H and O–H groups in total. The van der Waals surface area contributed by atoms with Crippen molar-refractivity contribution in [3.8, 4) is 5.75 Å². The summed E-state index contributed by atoms with van der Waals surface area (Å²) in [5.74, 6) is 0.605. The summed E-state index contributed by atoms with van der Waals surface area (Å²) in [6, 6.07) is 7.03. The van der Waals surface area contributed by atoms with E-state index in [0.29, 0.717) is 17.2 Å². The summed E-state index contributed by atoms with van der Waals surface area (Å²) in [6.07, 6.45) is -0.216. The lowest BCUT2D eigenvalue weighted by Crippen LogP contribution is -2.25. The Morgan fingerprint density at radius 1 is 1.53 bits per heavy atom. The molecule has 0 saturated carbocycles. The van der Waals surface area contributed by atoms with Crippen molar-refractivity contribution >= 4 is 28.7 Å². The van der Waals surface area contributed by atoms with E-state index < -0.39 is 6.10 Å². The van der Waals surface area contributed by atoms with Gasteiger partial charge in [-0.1, -0.05) is 17.7 Å². The zero-order chi connectivity index (χ0) is 13.8. The van der Waals surface area contributed by atoms with Crippen LogP contribution >= 0.6 is 22.9 Å². The van der Waals surface area contributed by atoms with E-state index in [-0.39, 0.29) is 5.78 Å². The van der Waals surface area contributed by atoms with Gasteiger partial charge in [0.1, 0.15) is 5.75 Å². The number of carbonyl (C=O) groups excluding carboxylic acids is 1. The highest BCUT2D eigenvalue weighted by molar-refractivity contribution is 7.09. The van der Waals surface area contributed by atoms with Crippen molar-refractivity contribution in [2.75, 3.05) is 0 Å². The maximum atomic E-state index is 12.0. The van der Waals surface area contributed by atoms with Crippen LogP contribution in [0.2, 0.25) is 5.02 Å². The molecule has 0 fully saturated rings. The first-order valence-electron chi connectivity index (χ1n) is 5.90. The smallest absolute Gasteiger partial charge is 0.178 e. The Morgan fingerprint density at radius 3 is 2.95 bits per heavy atom. The van der Waals surface area contributed by atoms with E-state index in [9.17, 15) is 4.79 Å². The normalized spacial score (nSPS) is 12.2. The summed E-state index contributed by atoms with van der Waals surface area (Å²) in [6.45, 7) is 3.66. The topological polar surface area (TPSA) is 39.2 Å². The number of hydrogen-bond acceptors (Lipinski definition) is 4. The van der Waals surface area contributed by atoms with Crippen LogP contribution in [0.25, 0.3) is 0 Å².